The molecular formula is C14H15N7O2S2. The first-order chi connectivity index (χ1) is 11.9. The van der Waals surface area contributed by atoms with Crippen molar-refractivity contribution in [3.63, 3.8) is 0 Å². The normalized spacial score (nSPS) is 10.5. The molecule has 3 rings (SSSR count). The van der Waals surface area contributed by atoms with Crippen LogP contribution in [0.1, 0.15) is 5.69 Å². The Labute approximate surface area is 150 Å². The fourth-order valence-electron chi connectivity index (χ4n) is 2.02. The minimum Gasteiger partial charge on any atom is -0.370 e. The molecule has 2 aromatic heterocycles. The summed E-state index contributed by atoms with van der Waals surface area (Å²) in [5.41, 5.74) is 13.4. The van der Waals surface area contributed by atoms with E-state index in [1.54, 1.807) is 24.3 Å². The van der Waals surface area contributed by atoms with Gasteiger partial charge in [0.25, 0.3) is 0 Å². The molecule has 0 bridgehead atoms. The first-order valence-electron chi connectivity index (χ1n) is 7.00. The standard InChI is InChI=1S/C14H15N7O2S2/c1-7-11(25-14(17-7)20-12(15)16)10-6-24-13(19-10)18-8-2-4-9(5-3-8)21(22)23/h2-6,22-23H,1H3,(H,18,19)(H4,15,16,17,20). The van der Waals surface area contributed by atoms with Crippen LogP contribution in [-0.2, 0) is 0 Å². The molecule has 0 radical (unpaired) electrons. The summed E-state index contributed by atoms with van der Waals surface area (Å²) in [5.74, 6) is -0.0336. The van der Waals surface area contributed by atoms with E-state index in [-0.39, 0.29) is 16.9 Å². The van der Waals surface area contributed by atoms with Gasteiger partial charge in [0.2, 0.25) is 5.13 Å². The van der Waals surface area contributed by atoms with Crippen LogP contribution >= 0.6 is 22.7 Å². The molecule has 0 saturated carbocycles. The largest absolute Gasteiger partial charge is 0.370 e. The number of aromatic nitrogens is 2. The summed E-state index contributed by atoms with van der Waals surface area (Å²) in [6, 6.07) is 6.55. The van der Waals surface area contributed by atoms with Crippen molar-refractivity contribution in [3.8, 4) is 10.6 Å². The molecule has 0 aliphatic rings. The van der Waals surface area contributed by atoms with E-state index in [2.05, 4.69) is 20.3 Å². The molecule has 130 valence electrons. The van der Waals surface area contributed by atoms with Gasteiger partial charge in [-0.05, 0) is 31.2 Å². The highest BCUT2D eigenvalue weighted by molar-refractivity contribution is 7.19. The maximum absolute atomic E-state index is 8.94. The van der Waals surface area contributed by atoms with E-state index in [1.165, 1.54) is 22.7 Å². The van der Waals surface area contributed by atoms with Gasteiger partial charge in [0.15, 0.2) is 11.1 Å². The van der Waals surface area contributed by atoms with E-state index in [1.807, 2.05) is 12.3 Å². The number of aryl methyl sites for hydroxylation is 1. The summed E-state index contributed by atoms with van der Waals surface area (Å²) >= 11 is 2.81. The van der Waals surface area contributed by atoms with E-state index >= 15 is 0 Å². The maximum atomic E-state index is 8.94. The number of nitrogens with zero attached hydrogens (tertiary/aromatic N) is 4. The third-order valence-corrected chi connectivity index (χ3v) is 4.93. The van der Waals surface area contributed by atoms with E-state index in [0.29, 0.717) is 10.3 Å². The topological polar surface area (TPSA) is 146 Å². The number of aliphatic imine (C=N–C) groups is 1. The third kappa shape index (κ3) is 4.03. The van der Waals surface area contributed by atoms with Crippen molar-refractivity contribution in [3.05, 3.63) is 35.3 Å². The lowest BCUT2D eigenvalue weighted by Crippen LogP contribution is -2.21. The Morgan fingerprint density at radius 1 is 1.20 bits per heavy atom. The van der Waals surface area contributed by atoms with Gasteiger partial charge in [0.1, 0.15) is 0 Å². The summed E-state index contributed by atoms with van der Waals surface area (Å²) in [6.07, 6.45) is 0. The Hall–Kier alpha value is -2.73. The van der Waals surface area contributed by atoms with Crippen molar-refractivity contribution in [2.45, 2.75) is 6.92 Å². The SMILES string of the molecule is Cc1nc(N=C(N)N)sc1-c1csc(Nc2ccc(N(O)O)cc2)n1. The monoisotopic (exact) mass is 377 g/mol. The van der Waals surface area contributed by atoms with Crippen LogP contribution in [0.3, 0.4) is 0 Å². The number of guanidine groups is 1. The molecule has 11 heteroatoms. The number of hydrogen-bond acceptors (Lipinski definition) is 9. The number of rotatable bonds is 5. The van der Waals surface area contributed by atoms with Gasteiger partial charge in [-0.1, -0.05) is 11.3 Å². The van der Waals surface area contributed by atoms with Crippen molar-refractivity contribution in [2.75, 3.05) is 10.5 Å². The highest BCUT2D eigenvalue weighted by Gasteiger charge is 2.13. The van der Waals surface area contributed by atoms with Gasteiger partial charge in [0, 0.05) is 11.1 Å². The molecule has 9 nitrogen and oxygen atoms in total. The molecule has 0 unspecified atom stereocenters. The van der Waals surface area contributed by atoms with E-state index in [4.69, 9.17) is 21.9 Å². The lowest BCUT2D eigenvalue weighted by Gasteiger charge is -2.08. The Morgan fingerprint density at radius 3 is 2.56 bits per heavy atom. The summed E-state index contributed by atoms with van der Waals surface area (Å²) in [6.45, 7) is 1.87. The second-order valence-corrected chi connectivity index (χ2v) is 6.78. The minimum atomic E-state index is -0.0336. The summed E-state index contributed by atoms with van der Waals surface area (Å²) in [4.78, 5) is 13.7. The number of anilines is 3. The molecule has 2 heterocycles. The second-order valence-electron chi connectivity index (χ2n) is 4.95. The van der Waals surface area contributed by atoms with E-state index < -0.39 is 0 Å². The molecular weight excluding hydrogens is 362 g/mol. The van der Waals surface area contributed by atoms with Crippen molar-refractivity contribution in [1.82, 2.24) is 9.97 Å². The molecule has 0 aliphatic carbocycles. The van der Waals surface area contributed by atoms with E-state index in [0.717, 1.165) is 22.0 Å². The number of thiazole rings is 2. The van der Waals surface area contributed by atoms with Crippen molar-refractivity contribution >= 4 is 50.3 Å². The van der Waals surface area contributed by atoms with Gasteiger partial charge in [-0.15, -0.1) is 16.6 Å². The molecule has 0 amide bonds. The van der Waals surface area contributed by atoms with E-state index in [9.17, 15) is 0 Å². The quantitative estimate of drug-likeness (QED) is 0.259. The zero-order valence-electron chi connectivity index (χ0n) is 13.0. The number of nitrogens with two attached hydrogens (primary N) is 2. The summed E-state index contributed by atoms with van der Waals surface area (Å²) in [5, 5.41) is 24.2. The lowest BCUT2D eigenvalue weighted by molar-refractivity contribution is 0.0292. The molecule has 0 atom stereocenters. The highest BCUT2D eigenvalue weighted by Crippen LogP contribution is 2.36. The van der Waals surface area contributed by atoms with Gasteiger partial charge >= 0.3 is 0 Å². The molecule has 0 saturated heterocycles. The van der Waals surface area contributed by atoms with Crippen molar-refractivity contribution in [1.29, 1.82) is 0 Å². The van der Waals surface area contributed by atoms with Gasteiger partial charge < -0.3 is 16.8 Å². The van der Waals surface area contributed by atoms with Crippen LogP contribution in [-0.4, -0.2) is 26.3 Å². The first-order valence-corrected chi connectivity index (χ1v) is 8.70. The number of benzene rings is 1. The zero-order chi connectivity index (χ0) is 18.0. The summed E-state index contributed by atoms with van der Waals surface area (Å²) < 4.78 is 0. The third-order valence-electron chi connectivity index (χ3n) is 3.10. The molecule has 7 N–H and O–H groups in total. The zero-order valence-corrected chi connectivity index (χ0v) is 14.7. The minimum absolute atomic E-state index is 0.0336. The molecule has 0 spiro atoms. The Morgan fingerprint density at radius 2 is 1.92 bits per heavy atom. The fourth-order valence-corrected chi connectivity index (χ4v) is 3.73. The number of hydrogen-bond donors (Lipinski definition) is 5. The fraction of sp³-hybridized carbons (Fsp3) is 0.0714. The summed E-state index contributed by atoms with van der Waals surface area (Å²) in [7, 11) is 0. The van der Waals surface area contributed by atoms with Crippen LogP contribution in [0.4, 0.5) is 21.6 Å². The van der Waals surface area contributed by atoms with Crippen LogP contribution in [0.2, 0.25) is 0 Å². The van der Waals surface area contributed by atoms with Crippen LogP contribution in [0.15, 0.2) is 34.6 Å². The maximum Gasteiger partial charge on any atom is 0.213 e. The van der Waals surface area contributed by atoms with Gasteiger partial charge in [-0.25, -0.2) is 9.97 Å². The average Bonchev–Trinajstić information content (AvgIpc) is 3.13. The second kappa shape index (κ2) is 7.03. The van der Waals surface area contributed by atoms with Gasteiger partial charge in [0.05, 0.1) is 22.0 Å². The molecule has 3 aromatic rings. The number of nitrogens with one attached hydrogen (secondary N) is 1. The molecule has 0 fully saturated rings. The molecule has 25 heavy (non-hydrogen) atoms. The predicted octanol–water partition coefficient (Wildman–Crippen LogP) is 2.81. The molecule has 0 aliphatic heterocycles. The molecule has 1 aromatic carbocycles. The van der Waals surface area contributed by atoms with Crippen LogP contribution < -0.4 is 22.0 Å². The lowest BCUT2D eigenvalue weighted by atomic mass is 10.3. The predicted molar refractivity (Wildman–Crippen MR) is 99.2 cm³/mol. The first kappa shape index (κ1) is 17.1. The van der Waals surface area contributed by atoms with Crippen molar-refractivity contribution < 1.29 is 10.4 Å². The Bertz CT molecular complexity index is 898. The van der Waals surface area contributed by atoms with Gasteiger partial charge in [-0.3, -0.25) is 10.4 Å². The smallest absolute Gasteiger partial charge is 0.213 e. The van der Waals surface area contributed by atoms with Crippen LogP contribution in [0.5, 0.6) is 0 Å². The van der Waals surface area contributed by atoms with Gasteiger partial charge in [-0.2, -0.15) is 4.99 Å². The van der Waals surface area contributed by atoms with Crippen LogP contribution in [0.25, 0.3) is 10.6 Å². The highest BCUT2D eigenvalue weighted by atomic mass is 32.1. The Kier molecular flexibility index (Phi) is 4.81. The van der Waals surface area contributed by atoms with Crippen LogP contribution in [0, 0.1) is 6.92 Å². The average molecular weight is 377 g/mol. The Balaban J connectivity index is 1.78. The van der Waals surface area contributed by atoms with Crippen molar-refractivity contribution in [2.24, 2.45) is 16.5 Å².